The van der Waals surface area contributed by atoms with Crippen LogP contribution in [0.4, 0.5) is 4.79 Å². The Morgan fingerprint density at radius 3 is 2.55 bits per heavy atom. The zero-order valence-corrected chi connectivity index (χ0v) is 16.4. The summed E-state index contributed by atoms with van der Waals surface area (Å²) in [6, 6.07) is 17.3. The van der Waals surface area contributed by atoms with E-state index >= 15 is 0 Å². The van der Waals surface area contributed by atoms with Gasteiger partial charge >= 0.3 is 6.03 Å². The Hall–Kier alpha value is -2.77. The van der Waals surface area contributed by atoms with Gasteiger partial charge in [0.15, 0.2) is 17.6 Å². The fraction of sp³-hybridized carbons (Fsp3) is 0.409. The van der Waals surface area contributed by atoms with Crippen molar-refractivity contribution in [2.75, 3.05) is 46.0 Å². The predicted octanol–water partition coefficient (Wildman–Crippen LogP) is 2.20. The minimum absolute atomic E-state index is 0.0986. The summed E-state index contributed by atoms with van der Waals surface area (Å²) in [4.78, 5) is 14.9. The normalized spacial score (nSPS) is 19.9. The van der Waals surface area contributed by atoms with Gasteiger partial charge in [0.2, 0.25) is 0 Å². The summed E-state index contributed by atoms with van der Waals surface area (Å²) in [6.45, 7) is 4.74. The first-order valence-corrected chi connectivity index (χ1v) is 10.1. The maximum atomic E-state index is 12.6. The Morgan fingerprint density at radius 2 is 1.76 bits per heavy atom. The van der Waals surface area contributed by atoms with E-state index in [0.717, 1.165) is 44.2 Å². The third kappa shape index (κ3) is 5.40. The number of nitrogens with zero attached hydrogens (tertiary/aromatic N) is 1. The summed E-state index contributed by atoms with van der Waals surface area (Å²) < 4.78 is 17.0. The maximum Gasteiger partial charge on any atom is 0.315 e. The van der Waals surface area contributed by atoms with Gasteiger partial charge in [0.05, 0.1) is 25.8 Å². The predicted molar refractivity (Wildman–Crippen MR) is 109 cm³/mol. The van der Waals surface area contributed by atoms with Gasteiger partial charge in [-0.15, -0.1) is 0 Å². The van der Waals surface area contributed by atoms with Gasteiger partial charge in [-0.25, -0.2) is 4.79 Å². The number of hydrogen-bond acceptors (Lipinski definition) is 5. The molecule has 1 fully saturated rings. The molecule has 0 aliphatic carbocycles. The van der Waals surface area contributed by atoms with Crippen molar-refractivity contribution in [3.8, 4) is 11.5 Å². The Morgan fingerprint density at radius 1 is 1.03 bits per heavy atom. The third-order valence-electron chi connectivity index (χ3n) is 5.11. The second-order valence-electron chi connectivity index (χ2n) is 7.23. The molecule has 2 aliphatic heterocycles. The molecule has 2 heterocycles. The summed E-state index contributed by atoms with van der Waals surface area (Å²) in [5, 5.41) is 6.03. The van der Waals surface area contributed by atoms with Gasteiger partial charge in [-0.1, -0.05) is 42.5 Å². The molecule has 2 N–H and O–H groups in total. The molecule has 0 spiro atoms. The Kier molecular flexibility index (Phi) is 6.49. The van der Waals surface area contributed by atoms with E-state index in [2.05, 4.69) is 15.5 Å². The lowest BCUT2D eigenvalue weighted by Gasteiger charge is -2.31. The molecule has 154 valence electrons. The summed E-state index contributed by atoms with van der Waals surface area (Å²) >= 11 is 0. The molecule has 0 saturated carbocycles. The lowest BCUT2D eigenvalue weighted by atomic mass is 10.1. The Bertz CT molecular complexity index is 796. The van der Waals surface area contributed by atoms with Crippen molar-refractivity contribution in [3.05, 3.63) is 60.2 Å². The molecule has 4 rings (SSSR count). The zero-order valence-electron chi connectivity index (χ0n) is 16.4. The number of urea groups is 1. The van der Waals surface area contributed by atoms with E-state index < -0.39 is 0 Å². The summed E-state index contributed by atoms with van der Waals surface area (Å²) in [6.07, 6.45) is -0.218. The molecule has 0 aromatic heterocycles. The molecular formula is C22H27N3O4. The van der Waals surface area contributed by atoms with E-state index in [1.54, 1.807) is 0 Å². The number of carbonyl (C=O) groups excluding carboxylic acids is 1. The molecule has 2 aromatic rings. The number of morpholine rings is 1. The molecule has 2 aliphatic rings. The highest BCUT2D eigenvalue weighted by atomic mass is 16.6. The van der Waals surface area contributed by atoms with Gasteiger partial charge in [0.1, 0.15) is 6.61 Å². The quantitative estimate of drug-likeness (QED) is 0.782. The SMILES string of the molecule is O=C(NC[C@H]1COc2ccccc2O1)N[C@@H](CN1CCOCC1)c1ccccc1. The minimum atomic E-state index is -0.218. The van der Waals surface area contributed by atoms with Crippen molar-refractivity contribution in [1.29, 1.82) is 0 Å². The van der Waals surface area contributed by atoms with E-state index in [9.17, 15) is 4.79 Å². The van der Waals surface area contributed by atoms with Crippen LogP contribution in [0.5, 0.6) is 11.5 Å². The van der Waals surface area contributed by atoms with E-state index in [4.69, 9.17) is 14.2 Å². The fourth-order valence-corrected chi connectivity index (χ4v) is 3.54. The number of ether oxygens (including phenoxy) is 3. The van der Waals surface area contributed by atoms with Crippen LogP contribution >= 0.6 is 0 Å². The third-order valence-corrected chi connectivity index (χ3v) is 5.11. The van der Waals surface area contributed by atoms with Crippen LogP contribution in [0.25, 0.3) is 0 Å². The first kappa shape index (κ1) is 19.5. The van der Waals surface area contributed by atoms with Crippen LogP contribution in [0.15, 0.2) is 54.6 Å². The van der Waals surface area contributed by atoms with Gasteiger partial charge in [-0.2, -0.15) is 0 Å². The number of fused-ring (bicyclic) bond motifs is 1. The molecule has 29 heavy (non-hydrogen) atoms. The van der Waals surface area contributed by atoms with Gasteiger partial charge in [-0.3, -0.25) is 4.90 Å². The number of nitrogens with one attached hydrogen (secondary N) is 2. The van der Waals surface area contributed by atoms with Crippen LogP contribution in [0, 0.1) is 0 Å². The number of carbonyl (C=O) groups is 1. The molecule has 0 unspecified atom stereocenters. The monoisotopic (exact) mass is 397 g/mol. The molecule has 2 amide bonds. The van der Waals surface area contributed by atoms with Crippen molar-refractivity contribution in [2.24, 2.45) is 0 Å². The summed E-state index contributed by atoms with van der Waals surface area (Å²) in [5.41, 5.74) is 1.08. The standard InChI is InChI=1S/C22H27N3O4/c26-22(23-14-18-16-28-20-8-4-5-9-21(20)29-18)24-19(17-6-2-1-3-7-17)15-25-10-12-27-13-11-25/h1-9,18-19H,10-16H2,(H2,23,24,26)/t18-,19-/m0/s1. The minimum Gasteiger partial charge on any atom is -0.486 e. The summed E-state index contributed by atoms with van der Waals surface area (Å²) in [7, 11) is 0. The lowest BCUT2D eigenvalue weighted by Crippen LogP contribution is -2.48. The largest absolute Gasteiger partial charge is 0.486 e. The second-order valence-corrected chi connectivity index (χ2v) is 7.23. The van der Waals surface area contributed by atoms with Crippen LogP contribution < -0.4 is 20.1 Å². The fourth-order valence-electron chi connectivity index (χ4n) is 3.54. The van der Waals surface area contributed by atoms with Crippen LogP contribution in [-0.2, 0) is 4.74 Å². The highest BCUT2D eigenvalue weighted by Gasteiger charge is 2.23. The van der Waals surface area contributed by atoms with Gasteiger partial charge in [0.25, 0.3) is 0 Å². The highest BCUT2D eigenvalue weighted by molar-refractivity contribution is 5.74. The number of para-hydroxylation sites is 2. The number of benzene rings is 2. The van der Waals surface area contributed by atoms with E-state index in [-0.39, 0.29) is 18.2 Å². The maximum absolute atomic E-state index is 12.6. The lowest BCUT2D eigenvalue weighted by molar-refractivity contribution is 0.0339. The summed E-state index contributed by atoms with van der Waals surface area (Å²) in [5.74, 6) is 1.45. The van der Waals surface area contributed by atoms with Crippen LogP contribution in [-0.4, -0.2) is 63.0 Å². The van der Waals surface area contributed by atoms with Crippen molar-refractivity contribution in [1.82, 2.24) is 15.5 Å². The molecule has 2 aromatic carbocycles. The molecule has 0 radical (unpaired) electrons. The van der Waals surface area contributed by atoms with Crippen molar-refractivity contribution in [3.63, 3.8) is 0 Å². The van der Waals surface area contributed by atoms with Crippen LogP contribution in [0.2, 0.25) is 0 Å². The van der Waals surface area contributed by atoms with E-state index in [1.165, 1.54) is 0 Å². The average Bonchev–Trinajstić information content (AvgIpc) is 2.78. The van der Waals surface area contributed by atoms with Gasteiger partial charge in [0, 0.05) is 19.6 Å². The smallest absolute Gasteiger partial charge is 0.315 e. The molecule has 1 saturated heterocycles. The van der Waals surface area contributed by atoms with Crippen LogP contribution in [0.1, 0.15) is 11.6 Å². The van der Waals surface area contributed by atoms with Crippen molar-refractivity contribution >= 4 is 6.03 Å². The zero-order chi connectivity index (χ0) is 19.9. The second kappa shape index (κ2) is 9.62. The number of amides is 2. The number of hydrogen-bond donors (Lipinski definition) is 2. The molecule has 7 heteroatoms. The molecule has 7 nitrogen and oxygen atoms in total. The first-order chi connectivity index (χ1) is 14.3. The van der Waals surface area contributed by atoms with E-state index in [0.29, 0.717) is 18.9 Å². The molecule has 0 bridgehead atoms. The van der Waals surface area contributed by atoms with Gasteiger partial charge in [-0.05, 0) is 17.7 Å². The Balaban J connectivity index is 1.31. The van der Waals surface area contributed by atoms with Crippen molar-refractivity contribution < 1.29 is 19.0 Å². The van der Waals surface area contributed by atoms with Crippen LogP contribution in [0.3, 0.4) is 0 Å². The highest BCUT2D eigenvalue weighted by Crippen LogP contribution is 2.30. The first-order valence-electron chi connectivity index (χ1n) is 10.1. The average molecular weight is 397 g/mol. The molecule has 2 atom stereocenters. The van der Waals surface area contributed by atoms with Crippen molar-refractivity contribution in [2.45, 2.75) is 12.1 Å². The number of rotatable bonds is 6. The topological polar surface area (TPSA) is 72.1 Å². The molecular weight excluding hydrogens is 370 g/mol. The van der Waals surface area contributed by atoms with E-state index in [1.807, 2.05) is 54.6 Å². The van der Waals surface area contributed by atoms with Gasteiger partial charge < -0.3 is 24.8 Å². The Labute approximate surface area is 170 Å².